The van der Waals surface area contributed by atoms with Crippen LogP contribution in [0.3, 0.4) is 0 Å². The molecule has 0 saturated carbocycles. The second-order valence-electron chi connectivity index (χ2n) is 8.36. The summed E-state index contributed by atoms with van der Waals surface area (Å²) in [5, 5.41) is 20.6. The molecule has 2 atom stereocenters. The molecular formula is C26H42N2O2. The molecule has 168 valence electrons. The Bertz CT molecular complexity index is 609. The molecule has 30 heavy (non-hydrogen) atoms. The van der Waals surface area contributed by atoms with Crippen LogP contribution in [0.4, 0.5) is 0 Å². The summed E-state index contributed by atoms with van der Waals surface area (Å²) in [6.07, 6.45) is 24.0. The first-order valence-electron chi connectivity index (χ1n) is 11.3. The van der Waals surface area contributed by atoms with Crippen LogP contribution in [-0.2, 0) is 4.79 Å². The van der Waals surface area contributed by atoms with Crippen LogP contribution in [0.1, 0.15) is 79.1 Å². The highest BCUT2D eigenvalue weighted by Gasteiger charge is 2.24. The molecule has 1 amide bonds. The summed E-state index contributed by atoms with van der Waals surface area (Å²) in [7, 11) is 0. The first-order valence-corrected chi connectivity index (χ1v) is 11.3. The number of nitrogens with one attached hydrogen (secondary N) is 1. The van der Waals surface area contributed by atoms with Crippen LogP contribution in [-0.4, -0.2) is 23.7 Å². The SMILES string of the molecule is CCC(CC#N)C(C)(C)/C=C\C/C=C\C/C=C\C/C=C\CCCC(=O)N[C@H](C)CO. The summed E-state index contributed by atoms with van der Waals surface area (Å²) in [4.78, 5) is 11.6. The van der Waals surface area contributed by atoms with Gasteiger partial charge in [0.05, 0.1) is 12.7 Å². The highest BCUT2D eigenvalue weighted by molar-refractivity contribution is 5.76. The van der Waals surface area contributed by atoms with Gasteiger partial charge in [0, 0.05) is 18.9 Å². The Balaban J connectivity index is 3.88. The second-order valence-corrected chi connectivity index (χ2v) is 8.36. The van der Waals surface area contributed by atoms with Crippen LogP contribution in [0.15, 0.2) is 48.6 Å². The Hall–Kier alpha value is -2.12. The van der Waals surface area contributed by atoms with Gasteiger partial charge in [0.2, 0.25) is 5.91 Å². The predicted octanol–water partition coefficient (Wildman–Crippen LogP) is 6.01. The van der Waals surface area contributed by atoms with Crippen LogP contribution in [0.2, 0.25) is 0 Å². The summed E-state index contributed by atoms with van der Waals surface area (Å²) in [6.45, 7) is 8.34. The number of aliphatic hydroxyl groups is 1. The Morgan fingerprint density at radius 3 is 2.17 bits per heavy atom. The number of hydrogen-bond donors (Lipinski definition) is 2. The van der Waals surface area contributed by atoms with Gasteiger partial charge in [-0.3, -0.25) is 4.79 Å². The van der Waals surface area contributed by atoms with E-state index < -0.39 is 0 Å². The fourth-order valence-corrected chi connectivity index (χ4v) is 3.16. The molecule has 0 bridgehead atoms. The number of carbonyl (C=O) groups is 1. The minimum atomic E-state index is -0.169. The Labute approximate surface area is 184 Å². The lowest BCUT2D eigenvalue weighted by molar-refractivity contribution is -0.122. The number of hydrogen-bond acceptors (Lipinski definition) is 3. The molecular weight excluding hydrogens is 372 g/mol. The van der Waals surface area contributed by atoms with Crippen molar-refractivity contribution in [2.24, 2.45) is 11.3 Å². The zero-order valence-electron chi connectivity index (χ0n) is 19.4. The minimum absolute atomic E-state index is 0.00221. The maximum absolute atomic E-state index is 11.6. The molecule has 2 N–H and O–H groups in total. The van der Waals surface area contributed by atoms with E-state index in [1.54, 1.807) is 6.92 Å². The number of amides is 1. The smallest absolute Gasteiger partial charge is 0.220 e. The van der Waals surface area contributed by atoms with E-state index in [0.29, 0.717) is 18.8 Å². The third-order valence-electron chi connectivity index (χ3n) is 5.20. The molecule has 0 fully saturated rings. The molecule has 4 heteroatoms. The van der Waals surface area contributed by atoms with Crippen LogP contribution >= 0.6 is 0 Å². The van der Waals surface area contributed by atoms with Crippen molar-refractivity contribution in [2.45, 2.75) is 85.1 Å². The van der Waals surface area contributed by atoms with Crippen molar-refractivity contribution in [3.05, 3.63) is 48.6 Å². The quantitative estimate of drug-likeness (QED) is 0.240. The Kier molecular flexibility index (Phi) is 16.5. The summed E-state index contributed by atoms with van der Waals surface area (Å²) in [5.41, 5.74) is 0.0617. The molecule has 0 spiro atoms. The van der Waals surface area contributed by atoms with Crippen LogP contribution in [0, 0.1) is 22.7 Å². The topological polar surface area (TPSA) is 73.1 Å². The highest BCUT2D eigenvalue weighted by Crippen LogP contribution is 2.33. The first-order chi connectivity index (χ1) is 14.4. The van der Waals surface area contributed by atoms with Gasteiger partial charge in [0.25, 0.3) is 0 Å². The Morgan fingerprint density at radius 1 is 1.07 bits per heavy atom. The molecule has 0 rings (SSSR count). The van der Waals surface area contributed by atoms with E-state index in [4.69, 9.17) is 10.4 Å². The van der Waals surface area contributed by atoms with Crippen LogP contribution in [0.5, 0.6) is 0 Å². The fraction of sp³-hybridized carbons (Fsp3) is 0.615. The minimum Gasteiger partial charge on any atom is -0.394 e. The lowest BCUT2D eigenvalue weighted by Gasteiger charge is -2.29. The van der Waals surface area contributed by atoms with Gasteiger partial charge in [0.1, 0.15) is 0 Å². The molecule has 0 heterocycles. The third kappa shape index (κ3) is 14.8. The van der Waals surface area contributed by atoms with Gasteiger partial charge in [-0.05, 0) is 50.4 Å². The lowest BCUT2D eigenvalue weighted by Crippen LogP contribution is -2.34. The van der Waals surface area contributed by atoms with Crippen molar-refractivity contribution in [1.29, 1.82) is 5.26 Å². The summed E-state index contributed by atoms with van der Waals surface area (Å²) < 4.78 is 0. The van der Waals surface area contributed by atoms with E-state index in [2.05, 4.69) is 80.8 Å². The van der Waals surface area contributed by atoms with E-state index in [1.807, 2.05) is 0 Å². The molecule has 0 aliphatic rings. The van der Waals surface area contributed by atoms with E-state index in [1.165, 1.54) is 0 Å². The molecule has 0 aromatic rings. The molecule has 1 unspecified atom stereocenters. The monoisotopic (exact) mass is 414 g/mol. The number of nitriles is 1. The average molecular weight is 415 g/mol. The van der Waals surface area contributed by atoms with E-state index in [-0.39, 0.29) is 24.0 Å². The van der Waals surface area contributed by atoms with E-state index in [0.717, 1.165) is 38.5 Å². The summed E-state index contributed by atoms with van der Waals surface area (Å²) in [6, 6.07) is 2.13. The second kappa shape index (κ2) is 17.7. The van der Waals surface area contributed by atoms with Crippen LogP contribution in [0.25, 0.3) is 0 Å². The van der Waals surface area contributed by atoms with Gasteiger partial charge in [-0.25, -0.2) is 0 Å². The largest absolute Gasteiger partial charge is 0.394 e. The number of rotatable bonds is 16. The first kappa shape index (κ1) is 27.9. The molecule has 0 aromatic heterocycles. The van der Waals surface area contributed by atoms with Gasteiger partial charge in [0.15, 0.2) is 0 Å². The molecule has 4 nitrogen and oxygen atoms in total. The van der Waals surface area contributed by atoms with Crippen LogP contribution < -0.4 is 5.32 Å². The number of allylic oxidation sites excluding steroid dienone is 8. The van der Waals surface area contributed by atoms with Crippen molar-refractivity contribution < 1.29 is 9.90 Å². The van der Waals surface area contributed by atoms with E-state index in [9.17, 15) is 4.79 Å². The van der Waals surface area contributed by atoms with E-state index >= 15 is 0 Å². The predicted molar refractivity (Wildman–Crippen MR) is 127 cm³/mol. The number of nitrogens with zero attached hydrogens (tertiary/aromatic N) is 1. The van der Waals surface area contributed by atoms with Gasteiger partial charge in [-0.1, -0.05) is 75.8 Å². The van der Waals surface area contributed by atoms with Gasteiger partial charge < -0.3 is 10.4 Å². The molecule has 0 aliphatic heterocycles. The number of carbonyl (C=O) groups excluding carboxylic acids is 1. The van der Waals surface area contributed by atoms with Crippen molar-refractivity contribution in [3.8, 4) is 6.07 Å². The summed E-state index contributed by atoms with van der Waals surface area (Å²) >= 11 is 0. The zero-order chi connectivity index (χ0) is 22.7. The summed E-state index contributed by atoms with van der Waals surface area (Å²) in [5.74, 6) is 0.410. The Morgan fingerprint density at radius 2 is 1.63 bits per heavy atom. The number of unbranched alkanes of at least 4 members (excludes halogenated alkanes) is 1. The van der Waals surface area contributed by atoms with Crippen molar-refractivity contribution in [1.82, 2.24) is 5.32 Å². The standard InChI is InChI=1S/C26H42N2O2/c1-5-24(19-21-27)26(3,4)20-17-15-13-11-9-7-6-8-10-12-14-16-18-25(30)28-23(2)22-29/h6-7,10-13,17,20,23-24,29H,5,8-9,14-16,18-19,22H2,1-4H3,(H,28,30)/b7-6-,12-10-,13-11-,20-17-/t23-,24?/m1/s1. The average Bonchev–Trinajstić information content (AvgIpc) is 2.71. The lowest BCUT2D eigenvalue weighted by atomic mass is 9.75. The maximum Gasteiger partial charge on any atom is 0.220 e. The number of aliphatic hydroxyl groups excluding tert-OH is 1. The third-order valence-corrected chi connectivity index (χ3v) is 5.20. The molecule has 0 radical (unpaired) electrons. The van der Waals surface area contributed by atoms with Crippen molar-refractivity contribution in [2.75, 3.05) is 6.61 Å². The van der Waals surface area contributed by atoms with Gasteiger partial charge in [-0.2, -0.15) is 5.26 Å². The van der Waals surface area contributed by atoms with Crippen molar-refractivity contribution in [3.63, 3.8) is 0 Å². The maximum atomic E-state index is 11.6. The molecule has 0 saturated heterocycles. The van der Waals surface area contributed by atoms with Crippen molar-refractivity contribution >= 4 is 5.91 Å². The zero-order valence-corrected chi connectivity index (χ0v) is 19.4. The fourth-order valence-electron chi connectivity index (χ4n) is 3.16. The van der Waals surface area contributed by atoms with Gasteiger partial charge >= 0.3 is 0 Å². The highest BCUT2D eigenvalue weighted by atomic mass is 16.3. The van der Waals surface area contributed by atoms with Gasteiger partial charge in [-0.15, -0.1) is 0 Å². The molecule has 0 aliphatic carbocycles. The molecule has 0 aromatic carbocycles. The normalized spacial score (nSPS) is 14.7.